The highest BCUT2D eigenvalue weighted by molar-refractivity contribution is 7.99. The van der Waals surface area contributed by atoms with Crippen molar-refractivity contribution >= 4 is 58.2 Å². The van der Waals surface area contributed by atoms with E-state index in [1.54, 1.807) is 28.8 Å². The Bertz CT molecular complexity index is 1050. The molecule has 2 aromatic carbocycles. The smallest absolute Gasteiger partial charge is 0.234 e. The van der Waals surface area contributed by atoms with E-state index in [-0.39, 0.29) is 17.8 Å². The molecule has 0 bridgehead atoms. The molecule has 0 radical (unpaired) electrons. The quantitative estimate of drug-likeness (QED) is 0.418. The number of hydrogen-bond acceptors (Lipinski definition) is 5. The van der Waals surface area contributed by atoms with Crippen molar-refractivity contribution in [3.05, 3.63) is 62.9 Å². The minimum absolute atomic E-state index is 0.148. The van der Waals surface area contributed by atoms with Crippen LogP contribution in [-0.2, 0) is 11.8 Å². The van der Waals surface area contributed by atoms with Crippen molar-refractivity contribution in [3.63, 3.8) is 0 Å². The highest BCUT2D eigenvalue weighted by Gasteiger charge is 2.19. The molecule has 1 N–H and O–H groups in total. The Morgan fingerprint density at radius 1 is 1.17 bits per heavy atom. The van der Waals surface area contributed by atoms with Crippen LogP contribution in [0, 0.1) is 6.92 Å². The standard InChI is InChI=1S/C20H19Cl3N4O2S/c1-11-4-5-16(23)17(6-11)29-12(2)19-25-26-20(27(19)3)30-10-18(28)24-15-8-13(21)7-14(22)9-15/h4-9,12H,10H2,1-3H3,(H,24,28). The molecule has 0 saturated heterocycles. The first-order valence-electron chi connectivity index (χ1n) is 8.94. The molecule has 6 nitrogen and oxygen atoms in total. The van der Waals surface area contributed by atoms with Crippen LogP contribution in [0.15, 0.2) is 41.6 Å². The fourth-order valence-corrected chi connectivity index (χ4v) is 4.11. The van der Waals surface area contributed by atoms with Crippen LogP contribution in [0.3, 0.4) is 0 Å². The molecule has 0 aliphatic rings. The molecule has 0 aliphatic heterocycles. The van der Waals surface area contributed by atoms with Crippen LogP contribution in [0.25, 0.3) is 0 Å². The highest BCUT2D eigenvalue weighted by Crippen LogP contribution is 2.30. The third-order valence-corrected chi connectivity index (χ3v) is 5.87. The van der Waals surface area contributed by atoms with Gasteiger partial charge in [-0.3, -0.25) is 4.79 Å². The summed E-state index contributed by atoms with van der Waals surface area (Å²) in [6.07, 6.45) is -0.376. The maximum absolute atomic E-state index is 12.3. The van der Waals surface area contributed by atoms with E-state index in [4.69, 9.17) is 39.5 Å². The zero-order chi connectivity index (χ0) is 21.8. The summed E-state index contributed by atoms with van der Waals surface area (Å²) in [6.45, 7) is 3.83. The fraction of sp³-hybridized carbons (Fsp3) is 0.250. The summed E-state index contributed by atoms with van der Waals surface area (Å²) in [6, 6.07) is 10.4. The van der Waals surface area contributed by atoms with Crippen LogP contribution in [-0.4, -0.2) is 26.4 Å². The van der Waals surface area contributed by atoms with E-state index in [0.717, 1.165) is 5.56 Å². The molecule has 0 aliphatic carbocycles. The molecule has 0 saturated carbocycles. The minimum atomic E-state index is -0.376. The van der Waals surface area contributed by atoms with Gasteiger partial charge in [-0.1, -0.05) is 52.6 Å². The molecule has 3 aromatic rings. The number of carbonyl (C=O) groups is 1. The number of rotatable bonds is 7. The van der Waals surface area contributed by atoms with Gasteiger partial charge in [-0.25, -0.2) is 0 Å². The minimum Gasteiger partial charge on any atom is -0.481 e. The van der Waals surface area contributed by atoms with Crippen molar-refractivity contribution in [2.24, 2.45) is 7.05 Å². The first-order valence-corrected chi connectivity index (χ1v) is 11.1. The van der Waals surface area contributed by atoms with Gasteiger partial charge in [-0.05, 0) is 49.7 Å². The van der Waals surface area contributed by atoms with Crippen molar-refractivity contribution < 1.29 is 9.53 Å². The molecule has 0 fully saturated rings. The van der Waals surface area contributed by atoms with Crippen LogP contribution >= 0.6 is 46.6 Å². The number of nitrogens with zero attached hydrogens (tertiary/aromatic N) is 3. The average molecular weight is 486 g/mol. The van der Waals surface area contributed by atoms with E-state index in [0.29, 0.717) is 37.5 Å². The van der Waals surface area contributed by atoms with E-state index in [1.165, 1.54) is 11.8 Å². The monoisotopic (exact) mass is 484 g/mol. The summed E-state index contributed by atoms with van der Waals surface area (Å²) in [5.74, 6) is 1.14. The zero-order valence-corrected chi connectivity index (χ0v) is 19.5. The lowest BCUT2D eigenvalue weighted by Crippen LogP contribution is -2.15. The summed E-state index contributed by atoms with van der Waals surface area (Å²) in [5.41, 5.74) is 1.58. The Morgan fingerprint density at radius 2 is 1.87 bits per heavy atom. The number of hydrogen-bond donors (Lipinski definition) is 1. The molecular formula is C20H19Cl3N4O2S. The Labute approximate surface area is 193 Å². The van der Waals surface area contributed by atoms with Crippen molar-refractivity contribution in [2.75, 3.05) is 11.1 Å². The molecular weight excluding hydrogens is 467 g/mol. The van der Waals surface area contributed by atoms with Gasteiger partial charge in [-0.2, -0.15) is 0 Å². The third-order valence-electron chi connectivity index (χ3n) is 4.10. The molecule has 0 spiro atoms. The maximum Gasteiger partial charge on any atom is 0.234 e. The van der Waals surface area contributed by atoms with E-state index < -0.39 is 0 Å². The largest absolute Gasteiger partial charge is 0.481 e. The van der Waals surface area contributed by atoms with Crippen LogP contribution in [0.5, 0.6) is 5.75 Å². The van der Waals surface area contributed by atoms with Crippen LogP contribution in [0.2, 0.25) is 15.1 Å². The Morgan fingerprint density at radius 3 is 2.57 bits per heavy atom. The third kappa shape index (κ3) is 5.82. The summed E-state index contributed by atoms with van der Waals surface area (Å²) in [4.78, 5) is 12.3. The lowest BCUT2D eigenvalue weighted by Gasteiger charge is -2.15. The lowest BCUT2D eigenvalue weighted by molar-refractivity contribution is -0.113. The van der Waals surface area contributed by atoms with E-state index in [9.17, 15) is 4.79 Å². The van der Waals surface area contributed by atoms with Gasteiger partial charge in [0.1, 0.15) is 5.75 Å². The molecule has 10 heteroatoms. The number of aromatic nitrogens is 3. The second-order valence-corrected chi connectivity index (χ2v) is 8.81. The molecule has 1 amide bonds. The van der Waals surface area contributed by atoms with Gasteiger partial charge in [0.15, 0.2) is 17.1 Å². The van der Waals surface area contributed by atoms with Gasteiger partial charge in [-0.15, -0.1) is 10.2 Å². The topological polar surface area (TPSA) is 69.0 Å². The lowest BCUT2D eigenvalue weighted by atomic mass is 10.2. The maximum atomic E-state index is 12.3. The number of benzene rings is 2. The summed E-state index contributed by atoms with van der Waals surface area (Å²) in [7, 11) is 1.82. The molecule has 1 unspecified atom stereocenters. The number of halogens is 3. The summed E-state index contributed by atoms with van der Waals surface area (Å²) >= 11 is 19.4. The second-order valence-electron chi connectivity index (χ2n) is 6.59. The number of anilines is 1. The van der Waals surface area contributed by atoms with Crippen LogP contribution < -0.4 is 10.1 Å². The molecule has 1 aromatic heterocycles. The molecule has 3 rings (SSSR count). The number of amides is 1. The number of thioether (sulfide) groups is 1. The fourth-order valence-electron chi connectivity index (χ4n) is 2.70. The van der Waals surface area contributed by atoms with Gasteiger partial charge in [0, 0.05) is 22.8 Å². The Hall–Kier alpha value is -1.93. The first kappa shape index (κ1) is 22.7. The van der Waals surface area contributed by atoms with Gasteiger partial charge in [0.2, 0.25) is 5.91 Å². The van der Waals surface area contributed by atoms with Crippen molar-refractivity contribution in [2.45, 2.75) is 25.1 Å². The number of nitrogens with one attached hydrogen (secondary N) is 1. The summed E-state index contributed by atoms with van der Waals surface area (Å²) in [5, 5.41) is 13.2. The predicted octanol–water partition coefficient (Wildman–Crippen LogP) is 5.95. The van der Waals surface area contributed by atoms with E-state index in [1.807, 2.05) is 33.0 Å². The van der Waals surface area contributed by atoms with Gasteiger partial charge < -0.3 is 14.6 Å². The number of ether oxygens (including phenoxy) is 1. The first-order chi connectivity index (χ1) is 14.2. The molecule has 1 atom stereocenters. The molecule has 158 valence electrons. The van der Waals surface area contributed by atoms with E-state index >= 15 is 0 Å². The van der Waals surface area contributed by atoms with Gasteiger partial charge in [0.25, 0.3) is 0 Å². The van der Waals surface area contributed by atoms with E-state index in [2.05, 4.69) is 15.5 Å². The second kappa shape index (κ2) is 9.92. The Balaban J connectivity index is 1.62. The van der Waals surface area contributed by atoms with Crippen molar-refractivity contribution in [1.29, 1.82) is 0 Å². The van der Waals surface area contributed by atoms with Crippen molar-refractivity contribution in [3.8, 4) is 5.75 Å². The average Bonchev–Trinajstić information content (AvgIpc) is 3.03. The number of carbonyl (C=O) groups excluding carboxylic acids is 1. The van der Waals surface area contributed by atoms with Gasteiger partial charge >= 0.3 is 0 Å². The molecule has 30 heavy (non-hydrogen) atoms. The zero-order valence-electron chi connectivity index (χ0n) is 16.4. The van der Waals surface area contributed by atoms with Crippen molar-refractivity contribution in [1.82, 2.24) is 14.8 Å². The van der Waals surface area contributed by atoms with Crippen LogP contribution in [0.1, 0.15) is 24.4 Å². The predicted molar refractivity (Wildman–Crippen MR) is 122 cm³/mol. The molecule has 1 heterocycles. The van der Waals surface area contributed by atoms with Gasteiger partial charge in [0.05, 0.1) is 10.8 Å². The SMILES string of the molecule is Cc1ccc(Cl)c(OC(C)c2nnc(SCC(=O)Nc3cc(Cl)cc(Cl)c3)n2C)c1. The normalized spacial score (nSPS) is 11.9. The number of aryl methyl sites for hydroxylation is 1. The Kier molecular flexibility index (Phi) is 7.52. The van der Waals surface area contributed by atoms with Crippen LogP contribution in [0.4, 0.5) is 5.69 Å². The highest BCUT2D eigenvalue weighted by atomic mass is 35.5. The summed E-state index contributed by atoms with van der Waals surface area (Å²) < 4.78 is 7.76.